The number of piperidine rings is 2. The number of nitrogens with zero attached hydrogens (tertiary/aromatic N) is 2. The predicted molar refractivity (Wildman–Crippen MR) is 76.1 cm³/mol. The third-order valence-corrected chi connectivity index (χ3v) is 5.43. The van der Waals surface area contributed by atoms with Crippen LogP contribution in [-0.2, 0) is 0 Å². The Morgan fingerprint density at radius 1 is 1.05 bits per heavy atom. The van der Waals surface area contributed by atoms with Gasteiger partial charge in [-0.25, -0.2) is 4.79 Å². The van der Waals surface area contributed by atoms with Gasteiger partial charge in [-0.15, -0.1) is 0 Å². The first-order valence-electron chi connectivity index (χ1n) is 7.93. The summed E-state index contributed by atoms with van der Waals surface area (Å²) in [6, 6.07) is 0.308. The van der Waals surface area contributed by atoms with Crippen molar-refractivity contribution in [2.75, 3.05) is 39.3 Å². The molecule has 0 aliphatic carbocycles. The fraction of sp³-hybridized carbons (Fsp3) is 0.933. The van der Waals surface area contributed by atoms with Crippen molar-refractivity contribution in [3.63, 3.8) is 0 Å². The second-order valence-electron chi connectivity index (χ2n) is 6.87. The molecule has 3 fully saturated rings. The number of likely N-dealkylation sites (tertiary alicyclic amines) is 2. The average Bonchev–Trinajstić information content (AvgIpc) is 2.83. The summed E-state index contributed by atoms with van der Waals surface area (Å²) in [5.41, 5.74) is 0.435. The number of urea groups is 1. The summed E-state index contributed by atoms with van der Waals surface area (Å²) in [6.45, 7) is 8.45. The second kappa shape index (κ2) is 5.31. The Hall–Kier alpha value is -0.770. The molecule has 108 valence electrons. The summed E-state index contributed by atoms with van der Waals surface area (Å²) in [7, 11) is 0. The van der Waals surface area contributed by atoms with Crippen LogP contribution in [0.25, 0.3) is 0 Å². The number of hydrogen-bond acceptors (Lipinski definition) is 2. The zero-order valence-electron chi connectivity index (χ0n) is 12.2. The summed E-state index contributed by atoms with van der Waals surface area (Å²) in [6.07, 6.45) is 6.05. The van der Waals surface area contributed by atoms with Crippen molar-refractivity contribution in [3.8, 4) is 0 Å². The van der Waals surface area contributed by atoms with Crippen LogP contribution in [0.4, 0.5) is 4.79 Å². The highest BCUT2D eigenvalue weighted by Gasteiger charge is 2.41. The standard InChI is InChI=1S/C15H27N3O/c1-13-2-9-17(10-3-13)14(19)18-11-6-15(12-18)4-7-16-8-5-15/h13,16H,2-12H2,1H3. The van der Waals surface area contributed by atoms with Gasteiger partial charge in [0.15, 0.2) is 0 Å². The van der Waals surface area contributed by atoms with Gasteiger partial charge < -0.3 is 15.1 Å². The van der Waals surface area contributed by atoms with E-state index in [2.05, 4.69) is 22.0 Å². The van der Waals surface area contributed by atoms with Crippen LogP contribution in [0, 0.1) is 11.3 Å². The zero-order chi connectivity index (χ0) is 13.3. The van der Waals surface area contributed by atoms with E-state index >= 15 is 0 Å². The number of hydrogen-bond donors (Lipinski definition) is 1. The third kappa shape index (κ3) is 2.73. The molecule has 0 unspecified atom stereocenters. The fourth-order valence-electron chi connectivity index (χ4n) is 3.86. The number of carbonyl (C=O) groups is 1. The first kappa shape index (κ1) is 13.2. The van der Waals surface area contributed by atoms with Crippen LogP contribution >= 0.6 is 0 Å². The first-order chi connectivity index (χ1) is 9.19. The molecule has 0 bridgehead atoms. The molecule has 3 rings (SSSR count). The minimum absolute atomic E-state index is 0.308. The van der Waals surface area contributed by atoms with Crippen molar-refractivity contribution >= 4 is 6.03 Å². The van der Waals surface area contributed by atoms with Crippen LogP contribution in [0.5, 0.6) is 0 Å². The normalized spacial score (nSPS) is 28.1. The van der Waals surface area contributed by atoms with E-state index in [1.54, 1.807) is 0 Å². The van der Waals surface area contributed by atoms with E-state index in [0.717, 1.165) is 45.2 Å². The molecular formula is C15H27N3O. The second-order valence-corrected chi connectivity index (χ2v) is 6.87. The quantitative estimate of drug-likeness (QED) is 0.726. The van der Waals surface area contributed by atoms with Crippen LogP contribution in [0.1, 0.15) is 39.0 Å². The zero-order valence-corrected chi connectivity index (χ0v) is 12.2. The van der Waals surface area contributed by atoms with Crippen molar-refractivity contribution in [1.29, 1.82) is 0 Å². The minimum atomic E-state index is 0.308. The SMILES string of the molecule is CC1CCN(C(=O)N2CCC3(CCNCC3)C2)CC1. The molecule has 0 radical (unpaired) electrons. The lowest BCUT2D eigenvalue weighted by Gasteiger charge is -2.36. The molecule has 19 heavy (non-hydrogen) atoms. The van der Waals surface area contributed by atoms with Gasteiger partial charge in [0.2, 0.25) is 0 Å². The molecule has 0 aromatic rings. The molecule has 3 heterocycles. The summed E-state index contributed by atoms with van der Waals surface area (Å²) in [5, 5.41) is 3.43. The fourth-order valence-corrected chi connectivity index (χ4v) is 3.86. The maximum absolute atomic E-state index is 12.6. The largest absolute Gasteiger partial charge is 0.325 e. The van der Waals surface area contributed by atoms with Gasteiger partial charge in [0.05, 0.1) is 0 Å². The van der Waals surface area contributed by atoms with Crippen molar-refractivity contribution in [2.24, 2.45) is 11.3 Å². The number of carbonyl (C=O) groups excluding carboxylic acids is 1. The van der Waals surface area contributed by atoms with Crippen molar-refractivity contribution < 1.29 is 4.79 Å². The van der Waals surface area contributed by atoms with Crippen LogP contribution in [0.15, 0.2) is 0 Å². The maximum atomic E-state index is 12.6. The Bertz CT molecular complexity index is 330. The van der Waals surface area contributed by atoms with E-state index < -0.39 is 0 Å². The Labute approximate surface area is 116 Å². The third-order valence-electron chi connectivity index (χ3n) is 5.43. The molecule has 3 saturated heterocycles. The lowest BCUT2D eigenvalue weighted by molar-refractivity contribution is 0.133. The molecule has 1 N–H and O–H groups in total. The number of amides is 2. The van der Waals surface area contributed by atoms with Gasteiger partial charge >= 0.3 is 6.03 Å². The van der Waals surface area contributed by atoms with Gasteiger partial charge in [-0.3, -0.25) is 0 Å². The summed E-state index contributed by atoms with van der Waals surface area (Å²) in [5.74, 6) is 0.790. The molecule has 4 heteroatoms. The molecule has 2 amide bonds. The van der Waals surface area contributed by atoms with E-state index in [4.69, 9.17) is 0 Å². The molecular weight excluding hydrogens is 238 g/mol. The monoisotopic (exact) mass is 265 g/mol. The molecule has 4 nitrogen and oxygen atoms in total. The molecule has 0 atom stereocenters. The van der Waals surface area contributed by atoms with Crippen LogP contribution in [-0.4, -0.2) is 55.1 Å². The van der Waals surface area contributed by atoms with Gasteiger partial charge in [-0.1, -0.05) is 6.92 Å². The number of nitrogens with one attached hydrogen (secondary N) is 1. The summed E-state index contributed by atoms with van der Waals surface area (Å²) < 4.78 is 0. The lowest BCUT2D eigenvalue weighted by atomic mass is 9.78. The minimum Gasteiger partial charge on any atom is -0.325 e. The van der Waals surface area contributed by atoms with E-state index in [9.17, 15) is 4.79 Å². The van der Waals surface area contributed by atoms with E-state index in [0.29, 0.717) is 11.4 Å². The molecule has 0 aromatic heterocycles. The van der Waals surface area contributed by atoms with Gasteiger partial charge in [-0.05, 0) is 56.5 Å². The topological polar surface area (TPSA) is 35.6 Å². The number of rotatable bonds is 0. The highest BCUT2D eigenvalue weighted by molar-refractivity contribution is 5.75. The van der Waals surface area contributed by atoms with Crippen LogP contribution < -0.4 is 5.32 Å². The summed E-state index contributed by atoms with van der Waals surface area (Å²) in [4.78, 5) is 16.8. The summed E-state index contributed by atoms with van der Waals surface area (Å²) >= 11 is 0. The smallest absolute Gasteiger partial charge is 0.320 e. The van der Waals surface area contributed by atoms with E-state index in [-0.39, 0.29) is 0 Å². The van der Waals surface area contributed by atoms with Gasteiger partial charge in [0, 0.05) is 26.2 Å². The molecule has 0 saturated carbocycles. The maximum Gasteiger partial charge on any atom is 0.320 e. The Morgan fingerprint density at radius 3 is 2.42 bits per heavy atom. The first-order valence-corrected chi connectivity index (χ1v) is 7.93. The van der Waals surface area contributed by atoms with E-state index in [1.807, 2.05) is 0 Å². The van der Waals surface area contributed by atoms with Crippen molar-refractivity contribution in [2.45, 2.75) is 39.0 Å². The predicted octanol–water partition coefficient (Wildman–Crippen LogP) is 1.91. The van der Waals surface area contributed by atoms with Crippen LogP contribution in [0.2, 0.25) is 0 Å². The highest BCUT2D eigenvalue weighted by atomic mass is 16.2. The molecule has 3 aliphatic heterocycles. The van der Waals surface area contributed by atoms with Gasteiger partial charge in [0.1, 0.15) is 0 Å². The molecule has 3 aliphatic rings. The van der Waals surface area contributed by atoms with Gasteiger partial charge in [0.25, 0.3) is 0 Å². The van der Waals surface area contributed by atoms with E-state index in [1.165, 1.54) is 32.1 Å². The Morgan fingerprint density at radius 2 is 1.74 bits per heavy atom. The van der Waals surface area contributed by atoms with Crippen molar-refractivity contribution in [1.82, 2.24) is 15.1 Å². The molecule has 0 aromatic carbocycles. The average molecular weight is 265 g/mol. The lowest BCUT2D eigenvalue weighted by Crippen LogP contribution is -2.47. The van der Waals surface area contributed by atoms with Gasteiger partial charge in [-0.2, -0.15) is 0 Å². The Balaban J connectivity index is 1.56. The molecule has 1 spiro atoms. The van der Waals surface area contributed by atoms with Crippen molar-refractivity contribution in [3.05, 3.63) is 0 Å². The highest BCUT2D eigenvalue weighted by Crippen LogP contribution is 2.39. The van der Waals surface area contributed by atoms with Crippen LogP contribution in [0.3, 0.4) is 0 Å². The Kier molecular flexibility index (Phi) is 3.70.